The van der Waals surface area contributed by atoms with Crippen molar-refractivity contribution in [1.29, 1.82) is 0 Å². The Hall–Kier alpha value is -1.64. The lowest BCUT2D eigenvalue weighted by Crippen LogP contribution is -2.17. The number of carbonyl (C=O) groups excluding carboxylic acids is 2. The van der Waals surface area contributed by atoms with Gasteiger partial charge in [-0.15, -0.1) is 0 Å². The molecule has 98 valence electrons. The van der Waals surface area contributed by atoms with Crippen molar-refractivity contribution in [3.63, 3.8) is 0 Å². The second-order valence-corrected chi connectivity index (χ2v) is 5.27. The van der Waals surface area contributed by atoms with Crippen molar-refractivity contribution in [1.82, 2.24) is 0 Å². The van der Waals surface area contributed by atoms with Gasteiger partial charge in [-0.1, -0.05) is 27.7 Å². The van der Waals surface area contributed by atoms with E-state index in [-0.39, 0.29) is 17.6 Å². The molecule has 0 amide bonds. The fourth-order valence-electron chi connectivity index (χ4n) is 1.76. The predicted octanol–water partition coefficient (Wildman–Crippen LogP) is 3.15. The minimum atomic E-state index is -0.425. The Morgan fingerprint density at radius 1 is 1.22 bits per heavy atom. The number of carbonyl (C=O) groups is 2. The van der Waals surface area contributed by atoms with E-state index in [1.165, 1.54) is 0 Å². The summed E-state index contributed by atoms with van der Waals surface area (Å²) >= 11 is 0. The van der Waals surface area contributed by atoms with Crippen molar-refractivity contribution in [2.24, 2.45) is 0 Å². The summed E-state index contributed by atoms with van der Waals surface area (Å²) in [4.78, 5) is 23.3. The molecule has 3 nitrogen and oxygen atoms in total. The number of ether oxygens (including phenoxy) is 1. The molecule has 0 saturated carbocycles. The average Bonchev–Trinajstić information content (AvgIpc) is 2.35. The summed E-state index contributed by atoms with van der Waals surface area (Å²) in [6.45, 7) is 7.82. The number of hydrogen-bond acceptors (Lipinski definition) is 3. The van der Waals surface area contributed by atoms with E-state index in [0.717, 1.165) is 11.3 Å². The molecular weight excluding hydrogens is 228 g/mol. The molecule has 0 aromatic heterocycles. The van der Waals surface area contributed by atoms with Gasteiger partial charge in [0.2, 0.25) is 11.6 Å². The summed E-state index contributed by atoms with van der Waals surface area (Å²) < 4.78 is 5.30. The summed E-state index contributed by atoms with van der Waals surface area (Å²) in [5, 5.41) is 0. The van der Waals surface area contributed by atoms with Gasteiger partial charge in [-0.3, -0.25) is 9.59 Å². The van der Waals surface area contributed by atoms with Crippen LogP contribution in [0.1, 0.15) is 50.0 Å². The van der Waals surface area contributed by atoms with Crippen LogP contribution in [0.5, 0.6) is 5.75 Å². The highest BCUT2D eigenvalue weighted by Gasteiger charge is 2.22. The standard InChI is InChI=1S/C15H20O3/c1-6-12(16)14(17)10-7-8-13(18-5)11(9-10)15(2,3)4/h7-9H,6H2,1-5H3. The van der Waals surface area contributed by atoms with Crippen LogP contribution in [0.2, 0.25) is 0 Å². The molecule has 0 spiro atoms. The zero-order valence-corrected chi connectivity index (χ0v) is 11.7. The van der Waals surface area contributed by atoms with Crippen LogP contribution in [-0.2, 0) is 10.2 Å². The van der Waals surface area contributed by atoms with Crippen molar-refractivity contribution in [2.45, 2.75) is 39.5 Å². The Kier molecular flexibility index (Phi) is 4.28. The van der Waals surface area contributed by atoms with E-state index >= 15 is 0 Å². The molecule has 0 radical (unpaired) electrons. The maximum atomic E-state index is 11.9. The lowest BCUT2D eigenvalue weighted by Gasteiger charge is -2.22. The number of hydrogen-bond donors (Lipinski definition) is 0. The van der Waals surface area contributed by atoms with E-state index in [4.69, 9.17) is 4.74 Å². The zero-order valence-electron chi connectivity index (χ0n) is 11.7. The Bertz CT molecular complexity index is 467. The number of Topliss-reactive ketones (excluding diaryl/α,β-unsaturated/α-hetero) is 2. The number of ketones is 2. The van der Waals surface area contributed by atoms with Crippen molar-refractivity contribution >= 4 is 11.6 Å². The molecule has 3 heteroatoms. The van der Waals surface area contributed by atoms with E-state index in [1.807, 2.05) is 20.8 Å². The Labute approximate surface area is 108 Å². The number of benzene rings is 1. The lowest BCUT2D eigenvalue weighted by molar-refractivity contribution is -0.114. The van der Waals surface area contributed by atoms with Crippen molar-refractivity contribution < 1.29 is 14.3 Å². The second kappa shape index (κ2) is 5.34. The molecule has 18 heavy (non-hydrogen) atoms. The van der Waals surface area contributed by atoms with Gasteiger partial charge in [-0.25, -0.2) is 0 Å². The third-order valence-electron chi connectivity index (χ3n) is 2.84. The quantitative estimate of drug-likeness (QED) is 0.607. The normalized spacial score (nSPS) is 11.2. The van der Waals surface area contributed by atoms with Gasteiger partial charge in [0.25, 0.3) is 0 Å². The maximum absolute atomic E-state index is 11.9. The van der Waals surface area contributed by atoms with E-state index in [9.17, 15) is 9.59 Å². The van der Waals surface area contributed by atoms with Gasteiger partial charge in [-0.05, 0) is 23.6 Å². The molecular formula is C15H20O3. The Morgan fingerprint density at radius 2 is 1.83 bits per heavy atom. The average molecular weight is 248 g/mol. The summed E-state index contributed by atoms with van der Waals surface area (Å²) in [7, 11) is 1.60. The van der Waals surface area contributed by atoms with Crippen molar-refractivity contribution in [2.75, 3.05) is 7.11 Å². The van der Waals surface area contributed by atoms with Crippen LogP contribution in [0, 0.1) is 0 Å². The summed E-state index contributed by atoms with van der Waals surface area (Å²) in [5.41, 5.74) is 1.23. The first kappa shape index (κ1) is 14.4. The summed E-state index contributed by atoms with van der Waals surface area (Å²) in [6, 6.07) is 5.15. The Balaban J connectivity index is 3.27. The molecule has 0 aliphatic heterocycles. The summed E-state index contributed by atoms with van der Waals surface area (Å²) in [5.74, 6) is -0.0475. The van der Waals surface area contributed by atoms with Crippen LogP contribution in [0.25, 0.3) is 0 Å². The largest absolute Gasteiger partial charge is 0.496 e. The molecule has 0 unspecified atom stereocenters. The molecule has 0 N–H and O–H groups in total. The Morgan fingerprint density at radius 3 is 2.28 bits per heavy atom. The second-order valence-electron chi connectivity index (χ2n) is 5.27. The minimum Gasteiger partial charge on any atom is -0.496 e. The van der Waals surface area contributed by atoms with Gasteiger partial charge in [0.05, 0.1) is 7.11 Å². The first-order valence-electron chi connectivity index (χ1n) is 6.07. The van der Waals surface area contributed by atoms with Gasteiger partial charge < -0.3 is 4.74 Å². The number of rotatable bonds is 4. The third kappa shape index (κ3) is 2.97. The predicted molar refractivity (Wildman–Crippen MR) is 71.3 cm³/mol. The van der Waals surface area contributed by atoms with E-state index in [1.54, 1.807) is 32.2 Å². The van der Waals surface area contributed by atoms with Gasteiger partial charge in [0, 0.05) is 17.5 Å². The van der Waals surface area contributed by atoms with Crippen molar-refractivity contribution in [3.8, 4) is 5.75 Å². The highest BCUT2D eigenvalue weighted by molar-refractivity contribution is 6.43. The minimum absolute atomic E-state index is 0.142. The molecule has 0 aliphatic carbocycles. The molecule has 0 fully saturated rings. The summed E-state index contributed by atoms with van der Waals surface area (Å²) in [6.07, 6.45) is 0.232. The van der Waals surface area contributed by atoms with Crippen LogP contribution >= 0.6 is 0 Å². The van der Waals surface area contributed by atoms with Gasteiger partial charge >= 0.3 is 0 Å². The molecule has 0 bridgehead atoms. The first-order chi connectivity index (χ1) is 8.31. The topological polar surface area (TPSA) is 43.4 Å². The van der Waals surface area contributed by atoms with E-state index in [2.05, 4.69) is 0 Å². The maximum Gasteiger partial charge on any atom is 0.228 e. The third-order valence-corrected chi connectivity index (χ3v) is 2.84. The molecule has 1 rings (SSSR count). The number of methoxy groups -OCH3 is 1. The van der Waals surface area contributed by atoms with E-state index < -0.39 is 5.78 Å². The molecule has 1 aromatic carbocycles. The van der Waals surface area contributed by atoms with Crippen LogP contribution in [0.3, 0.4) is 0 Å². The van der Waals surface area contributed by atoms with Gasteiger partial charge in [0.15, 0.2) is 0 Å². The van der Waals surface area contributed by atoms with Crippen LogP contribution in [0.15, 0.2) is 18.2 Å². The van der Waals surface area contributed by atoms with Crippen molar-refractivity contribution in [3.05, 3.63) is 29.3 Å². The molecule has 0 aliphatic rings. The van der Waals surface area contributed by atoms with Crippen LogP contribution in [-0.4, -0.2) is 18.7 Å². The molecule has 1 aromatic rings. The van der Waals surface area contributed by atoms with Gasteiger partial charge in [0.1, 0.15) is 5.75 Å². The first-order valence-corrected chi connectivity index (χ1v) is 6.07. The smallest absolute Gasteiger partial charge is 0.228 e. The fourth-order valence-corrected chi connectivity index (χ4v) is 1.76. The highest BCUT2D eigenvalue weighted by Crippen LogP contribution is 2.32. The monoisotopic (exact) mass is 248 g/mol. The van der Waals surface area contributed by atoms with Crippen LogP contribution in [0.4, 0.5) is 0 Å². The van der Waals surface area contributed by atoms with Gasteiger partial charge in [-0.2, -0.15) is 0 Å². The molecule has 0 saturated heterocycles. The van der Waals surface area contributed by atoms with E-state index in [0.29, 0.717) is 5.56 Å². The van der Waals surface area contributed by atoms with Crippen LogP contribution < -0.4 is 4.74 Å². The highest BCUT2D eigenvalue weighted by atomic mass is 16.5. The fraction of sp³-hybridized carbons (Fsp3) is 0.467. The molecule has 0 atom stereocenters. The SMILES string of the molecule is CCC(=O)C(=O)c1ccc(OC)c(C(C)(C)C)c1. The lowest BCUT2D eigenvalue weighted by atomic mass is 9.84. The zero-order chi connectivity index (χ0) is 13.9. The molecule has 0 heterocycles.